The number of aromatic nitrogens is 2. The topological polar surface area (TPSA) is 110 Å². The van der Waals surface area contributed by atoms with E-state index < -0.39 is 4.92 Å². The van der Waals surface area contributed by atoms with Gasteiger partial charge in [0.25, 0.3) is 5.69 Å². The summed E-state index contributed by atoms with van der Waals surface area (Å²) < 4.78 is 1.70. The van der Waals surface area contributed by atoms with Gasteiger partial charge in [-0.15, -0.1) is 0 Å². The molecule has 180 valence electrons. The number of hydrogen-bond acceptors (Lipinski definition) is 5. The molecule has 0 aliphatic carbocycles. The number of carbonyl (C=O) groups is 2. The maximum absolute atomic E-state index is 12.9. The van der Waals surface area contributed by atoms with Gasteiger partial charge in [-0.3, -0.25) is 19.7 Å². The van der Waals surface area contributed by atoms with Gasteiger partial charge < -0.3 is 10.2 Å². The van der Waals surface area contributed by atoms with E-state index in [4.69, 9.17) is 0 Å². The van der Waals surface area contributed by atoms with E-state index in [-0.39, 0.29) is 23.9 Å². The Labute approximate surface area is 207 Å². The summed E-state index contributed by atoms with van der Waals surface area (Å²) in [5.74, 6) is -0.114. The number of nitro groups is 1. The fourth-order valence-electron chi connectivity index (χ4n) is 4.26. The predicted octanol–water partition coefficient (Wildman–Crippen LogP) is 4.76. The number of non-ortho nitro benzene ring substituents is 1. The molecular weight excluding hydrogens is 458 g/mol. The van der Waals surface area contributed by atoms with Gasteiger partial charge in [0.2, 0.25) is 11.8 Å². The Morgan fingerprint density at radius 1 is 0.972 bits per heavy atom. The van der Waals surface area contributed by atoms with E-state index in [1.807, 2.05) is 42.5 Å². The SMILES string of the molecule is O=C(Cc1cn(-c2ccccc2)nc1-c1ccc([N+](=O)[O-])cc1)Nc1ccc(N2CCCC2=O)cc1. The lowest BCUT2D eigenvalue weighted by atomic mass is 10.1. The van der Waals surface area contributed by atoms with Gasteiger partial charge in [0.15, 0.2) is 0 Å². The minimum atomic E-state index is -0.453. The second-order valence-corrected chi connectivity index (χ2v) is 8.51. The van der Waals surface area contributed by atoms with E-state index in [9.17, 15) is 19.7 Å². The van der Waals surface area contributed by atoms with Crippen molar-refractivity contribution in [1.82, 2.24) is 9.78 Å². The number of nitrogens with one attached hydrogen (secondary N) is 1. The maximum Gasteiger partial charge on any atom is 0.269 e. The monoisotopic (exact) mass is 481 g/mol. The van der Waals surface area contributed by atoms with Crippen LogP contribution < -0.4 is 10.2 Å². The number of nitro benzene ring substituents is 1. The van der Waals surface area contributed by atoms with Gasteiger partial charge in [0, 0.05) is 53.8 Å². The standard InChI is InChI=1S/C27H23N5O4/c33-25(28-21-10-14-22(15-11-21)30-16-4-7-26(30)34)17-20-18-31(23-5-2-1-3-6-23)29-27(20)19-8-12-24(13-9-19)32(35)36/h1-3,5-6,8-15,18H,4,7,16-17H2,(H,28,33). The number of benzene rings is 3. The highest BCUT2D eigenvalue weighted by Gasteiger charge is 2.21. The number of carbonyl (C=O) groups excluding carboxylic acids is 2. The van der Waals surface area contributed by atoms with Crippen molar-refractivity contribution in [1.29, 1.82) is 0 Å². The summed E-state index contributed by atoms with van der Waals surface area (Å²) in [6.07, 6.45) is 3.27. The second kappa shape index (κ2) is 9.83. The predicted molar refractivity (Wildman–Crippen MR) is 136 cm³/mol. The molecule has 1 aliphatic rings. The number of anilines is 2. The van der Waals surface area contributed by atoms with Gasteiger partial charge in [0.05, 0.1) is 22.7 Å². The van der Waals surface area contributed by atoms with Crippen LogP contribution in [-0.4, -0.2) is 33.1 Å². The zero-order valence-electron chi connectivity index (χ0n) is 19.3. The highest BCUT2D eigenvalue weighted by Crippen LogP contribution is 2.27. The number of nitrogens with zero attached hydrogens (tertiary/aromatic N) is 4. The first-order chi connectivity index (χ1) is 17.5. The van der Waals surface area contributed by atoms with Gasteiger partial charge in [-0.2, -0.15) is 5.10 Å². The molecule has 0 atom stereocenters. The number of amides is 2. The molecule has 0 bridgehead atoms. The summed E-state index contributed by atoms with van der Waals surface area (Å²) in [7, 11) is 0. The smallest absolute Gasteiger partial charge is 0.269 e. The number of rotatable bonds is 7. The molecule has 9 heteroatoms. The fourth-order valence-corrected chi connectivity index (χ4v) is 4.26. The molecule has 1 fully saturated rings. The van der Waals surface area contributed by atoms with Crippen LogP contribution in [0.25, 0.3) is 16.9 Å². The van der Waals surface area contributed by atoms with Crippen molar-refractivity contribution in [2.75, 3.05) is 16.8 Å². The largest absolute Gasteiger partial charge is 0.326 e. The first kappa shape index (κ1) is 23.0. The van der Waals surface area contributed by atoms with E-state index >= 15 is 0 Å². The van der Waals surface area contributed by atoms with Crippen LogP contribution in [0, 0.1) is 10.1 Å². The summed E-state index contributed by atoms with van der Waals surface area (Å²) in [6.45, 7) is 0.710. The van der Waals surface area contributed by atoms with Crippen LogP contribution in [-0.2, 0) is 16.0 Å². The van der Waals surface area contributed by atoms with Crippen molar-refractivity contribution >= 4 is 28.9 Å². The first-order valence-corrected chi connectivity index (χ1v) is 11.6. The molecule has 3 aromatic carbocycles. The molecule has 9 nitrogen and oxygen atoms in total. The third kappa shape index (κ3) is 4.85. The molecule has 0 unspecified atom stereocenters. The quantitative estimate of drug-likeness (QED) is 0.302. The average Bonchev–Trinajstić information content (AvgIpc) is 3.51. The van der Waals surface area contributed by atoms with Gasteiger partial charge in [-0.1, -0.05) is 18.2 Å². The summed E-state index contributed by atoms with van der Waals surface area (Å²) in [5.41, 5.74) is 4.20. The number of hydrogen-bond donors (Lipinski definition) is 1. The summed E-state index contributed by atoms with van der Waals surface area (Å²) >= 11 is 0. The zero-order valence-corrected chi connectivity index (χ0v) is 19.3. The Kier molecular flexibility index (Phi) is 6.27. The van der Waals surface area contributed by atoms with Gasteiger partial charge >= 0.3 is 0 Å². The van der Waals surface area contributed by atoms with Crippen LogP contribution in [0.4, 0.5) is 17.1 Å². The van der Waals surface area contributed by atoms with Crippen LogP contribution >= 0.6 is 0 Å². The molecule has 1 saturated heterocycles. The first-order valence-electron chi connectivity index (χ1n) is 11.6. The molecule has 0 radical (unpaired) electrons. The third-order valence-electron chi connectivity index (χ3n) is 6.05. The van der Waals surface area contributed by atoms with Crippen LogP contribution in [0.1, 0.15) is 18.4 Å². The van der Waals surface area contributed by atoms with Crippen molar-refractivity contribution in [3.05, 3.63) is 101 Å². The van der Waals surface area contributed by atoms with Gasteiger partial charge in [-0.25, -0.2) is 4.68 Å². The Hall–Kier alpha value is -4.79. The molecule has 2 heterocycles. The molecule has 0 spiro atoms. The third-order valence-corrected chi connectivity index (χ3v) is 6.05. The molecule has 1 N–H and O–H groups in total. The van der Waals surface area contributed by atoms with Crippen molar-refractivity contribution < 1.29 is 14.5 Å². The lowest BCUT2D eigenvalue weighted by molar-refractivity contribution is -0.384. The van der Waals surface area contributed by atoms with Crippen LogP contribution in [0.3, 0.4) is 0 Å². The van der Waals surface area contributed by atoms with Gasteiger partial charge in [0.1, 0.15) is 0 Å². The Morgan fingerprint density at radius 3 is 2.33 bits per heavy atom. The minimum Gasteiger partial charge on any atom is -0.326 e. The maximum atomic E-state index is 12.9. The Bertz CT molecular complexity index is 1410. The number of para-hydroxylation sites is 1. The summed E-state index contributed by atoms with van der Waals surface area (Å²) in [6, 6.07) is 22.8. The molecule has 0 saturated carbocycles. The van der Waals surface area contributed by atoms with Crippen molar-refractivity contribution in [2.24, 2.45) is 0 Å². The Morgan fingerprint density at radius 2 is 1.69 bits per heavy atom. The van der Waals surface area contributed by atoms with E-state index in [0.29, 0.717) is 35.5 Å². The molecule has 36 heavy (non-hydrogen) atoms. The lowest BCUT2D eigenvalue weighted by Gasteiger charge is -2.16. The van der Waals surface area contributed by atoms with E-state index in [1.54, 1.807) is 40.0 Å². The van der Waals surface area contributed by atoms with Crippen molar-refractivity contribution in [3.8, 4) is 16.9 Å². The van der Waals surface area contributed by atoms with E-state index in [1.165, 1.54) is 12.1 Å². The minimum absolute atomic E-state index is 0.0142. The molecule has 1 aromatic heterocycles. The summed E-state index contributed by atoms with van der Waals surface area (Å²) in [5, 5.41) is 18.6. The average molecular weight is 482 g/mol. The molecule has 2 amide bonds. The molecule has 4 aromatic rings. The van der Waals surface area contributed by atoms with E-state index in [2.05, 4.69) is 10.4 Å². The highest BCUT2D eigenvalue weighted by atomic mass is 16.6. The normalized spacial score (nSPS) is 13.1. The van der Waals surface area contributed by atoms with Crippen molar-refractivity contribution in [2.45, 2.75) is 19.3 Å². The lowest BCUT2D eigenvalue weighted by Crippen LogP contribution is -2.23. The fraction of sp³-hybridized carbons (Fsp3) is 0.148. The second-order valence-electron chi connectivity index (χ2n) is 8.51. The van der Waals surface area contributed by atoms with Crippen molar-refractivity contribution in [3.63, 3.8) is 0 Å². The molecular formula is C27H23N5O4. The van der Waals surface area contributed by atoms with Crippen LogP contribution in [0.15, 0.2) is 85.1 Å². The zero-order chi connectivity index (χ0) is 25.1. The molecule has 1 aliphatic heterocycles. The molecule has 5 rings (SSSR count). The van der Waals surface area contributed by atoms with Gasteiger partial charge in [-0.05, 0) is 55.0 Å². The van der Waals surface area contributed by atoms with Crippen LogP contribution in [0.5, 0.6) is 0 Å². The highest BCUT2D eigenvalue weighted by molar-refractivity contribution is 5.96. The summed E-state index contributed by atoms with van der Waals surface area (Å²) in [4.78, 5) is 37.3. The van der Waals surface area contributed by atoms with E-state index in [0.717, 1.165) is 17.8 Å². The van der Waals surface area contributed by atoms with Crippen LogP contribution in [0.2, 0.25) is 0 Å². The Balaban J connectivity index is 1.37.